The Morgan fingerprint density at radius 3 is 2.49 bits per heavy atom. The van der Waals surface area contributed by atoms with Gasteiger partial charge < -0.3 is 10.4 Å². The summed E-state index contributed by atoms with van der Waals surface area (Å²) < 4.78 is 56.3. The fraction of sp³-hybridized carbons (Fsp3) is 0.280. The number of rotatable bonds is 8. The summed E-state index contributed by atoms with van der Waals surface area (Å²) in [5, 5.41) is 12.2. The Bertz CT molecular complexity index is 1570. The van der Waals surface area contributed by atoms with Crippen molar-refractivity contribution in [1.29, 1.82) is 0 Å². The number of aromatic nitrogens is 4. The monoisotopic (exact) mass is 529 g/mol. The van der Waals surface area contributed by atoms with E-state index in [1.807, 2.05) is 0 Å². The average Bonchev–Trinajstić information content (AvgIpc) is 3.19. The summed E-state index contributed by atoms with van der Waals surface area (Å²) in [5.74, 6) is -3.29. The smallest absolute Gasteiger partial charge is 0.305 e. The molecule has 9 nitrogen and oxygen atoms in total. The van der Waals surface area contributed by atoms with Gasteiger partial charge in [-0.3, -0.25) is 4.79 Å². The van der Waals surface area contributed by atoms with Gasteiger partial charge in [0.2, 0.25) is 10.0 Å². The minimum atomic E-state index is -3.99. The molecule has 0 fully saturated rings. The molecular weight excluding hydrogens is 504 g/mol. The summed E-state index contributed by atoms with van der Waals surface area (Å²) >= 11 is 0. The molecule has 194 valence electrons. The zero-order chi connectivity index (χ0) is 27.0. The van der Waals surface area contributed by atoms with Crippen LogP contribution in [-0.2, 0) is 20.6 Å². The van der Waals surface area contributed by atoms with Gasteiger partial charge in [0.15, 0.2) is 23.1 Å². The van der Waals surface area contributed by atoms with Crippen LogP contribution < -0.4 is 5.32 Å². The molecule has 3 aromatic heterocycles. The van der Waals surface area contributed by atoms with Crippen molar-refractivity contribution < 1.29 is 27.1 Å². The van der Waals surface area contributed by atoms with Crippen LogP contribution in [0.4, 0.5) is 14.6 Å². The highest BCUT2D eigenvalue weighted by Crippen LogP contribution is 2.32. The van der Waals surface area contributed by atoms with Crippen molar-refractivity contribution in [2.75, 3.05) is 5.32 Å². The van der Waals surface area contributed by atoms with E-state index in [1.165, 1.54) is 6.20 Å². The molecule has 2 N–H and O–H groups in total. The molecule has 1 aromatic carbocycles. The number of hydrogen-bond donors (Lipinski definition) is 2. The third-order valence-electron chi connectivity index (χ3n) is 5.79. The average molecular weight is 530 g/mol. The van der Waals surface area contributed by atoms with Crippen molar-refractivity contribution in [3.63, 3.8) is 0 Å². The van der Waals surface area contributed by atoms with Gasteiger partial charge in [-0.05, 0) is 17.0 Å². The van der Waals surface area contributed by atoms with E-state index in [4.69, 9.17) is 0 Å². The summed E-state index contributed by atoms with van der Waals surface area (Å²) in [6.07, 6.45) is 2.72. The molecule has 0 radical (unpaired) electrons. The lowest BCUT2D eigenvalue weighted by atomic mass is 9.85. The maximum atomic E-state index is 14.7. The second-order valence-electron chi connectivity index (χ2n) is 9.66. The molecule has 0 spiro atoms. The van der Waals surface area contributed by atoms with Crippen molar-refractivity contribution in [2.45, 2.75) is 39.0 Å². The quantitative estimate of drug-likeness (QED) is 0.343. The number of benzene rings is 1. The fourth-order valence-electron chi connectivity index (χ4n) is 3.81. The van der Waals surface area contributed by atoms with E-state index in [0.29, 0.717) is 5.56 Å². The molecule has 0 aliphatic carbocycles. The third kappa shape index (κ3) is 5.74. The largest absolute Gasteiger partial charge is 0.481 e. The first-order valence-corrected chi connectivity index (χ1v) is 12.9. The Kier molecular flexibility index (Phi) is 6.96. The number of pyridine rings is 1. The van der Waals surface area contributed by atoms with Gasteiger partial charge in [0.1, 0.15) is 5.82 Å². The van der Waals surface area contributed by atoms with Crippen molar-refractivity contribution in [3.05, 3.63) is 72.2 Å². The van der Waals surface area contributed by atoms with Crippen LogP contribution in [0.1, 0.15) is 32.8 Å². The predicted molar refractivity (Wildman–Crippen MR) is 134 cm³/mol. The highest BCUT2D eigenvalue weighted by Gasteiger charge is 2.29. The van der Waals surface area contributed by atoms with Crippen LogP contribution in [0.5, 0.6) is 0 Å². The molecule has 0 saturated heterocycles. The highest BCUT2D eigenvalue weighted by atomic mass is 32.2. The first-order valence-electron chi connectivity index (χ1n) is 11.3. The summed E-state index contributed by atoms with van der Waals surface area (Å²) in [5.41, 5.74) is 0.0643. The van der Waals surface area contributed by atoms with E-state index in [1.54, 1.807) is 51.1 Å². The number of anilines is 1. The van der Waals surface area contributed by atoms with Gasteiger partial charge in [-0.25, -0.2) is 36.1 Å². The van der Waals surface area contributed by atoms with Gasteiger partial charge in [0.25, 0.3) is 0 Å². The number of fused-ring (bicyclic) bond motifs is 1. The first-order chi connectivity index (χ1) is 17.3. The van der Waals surface area contributed by atoms with E-state index in [0.717, 1.165) is 22.4 Å². The summed E-state index contributed by atoms with van der Waals surface area (Å²) in [7, 11) is -3.99. The number of nitrogens with zero attached hydrogens (tertiary/aromatic N) is 4. The Balaban J connectivity index is 1.81. The normalized spacial score (nSPS) is 13.0. The molecule has 4 aromatic rings. The number of carboxylic acids is 1. The highest BCUT2D eigenvalue weighted by molar-refractivity contribution is 7.89. The number of carbonyl (C=O) groups is 1. The van der Waals surface area contributed by atoms with Crippen LogP contribution in [0.15, 0.2) is 55.0 Å². The molecule has 3 heterocycles. The fourth-order valence-corrected chi connectivity index (χ4v) is 5.24. The van der Waals surface area contributed by atoms with Gasteiger partial charge in [-0.2, -0.15) is 0 Å². The number of hydrogen-bond acceptors (Lipinski definition) is 7. The molecule has 0 bridgehead atoms. The SMILES string of the molecule is CC(C)(C)C(CC(=O)O)Nc1nc(-c2cn(S(=O)(=O)Cc3ccccc3)c3ncc(F)cc23)ncc1F. The van der Waals surface area contributed by atoms with Gasteiger partial charge in [-0.1, -0.05) is 51.1 Å². The van der Waals surface area contributed by atoms with Gasteiger partial charge in [0, 0.05) is 23.2 Å². The maximum absolute atomic E-state index is 14.7. The molecule has 1 atom stereocenters. The standard InChI is InChI=1S/C25H25F2N5O4S/c1-25(2,3)20(10-21(33)34)30-23-19(27)12-28-22(31-23)18-13-32(24-17(18)9-16(26)11-29-24)37(35,36)14-15-7-5-4-6-8-15/h4-9,11-13,20H,10,14H2,1-3H3,(H,33,34)(H,28,30,31). The zero-order valence-corrected chi connectivity index (χ0v) is 21.1. The number of halogens is 2. The van der Waals surface area contributed by atoms with Crippen molar-refractivity contribution in [1.82, 2.24) is 18.9 Å². The summed E-state index contributed by atoms with van der Waals surface area (Å²) in [4.78, 5) is 23.6. The molecule has 0 amide bonds. The molecule has 12 heteroatoms. The van der Waals surface area contributed by atoms with Crippen LogP contribution in [0.2, 0.25) is 0 Å². The lowest BCUT2D eigenvalue weighted by molar-refractivity contribution is -0.137. The topological polar surface area (TPSA) is 127 Å². The van der Waals surface area contributed by atoms with Gasteiger partial charge >= 0.3 is 5.97 Å². The second kappa shape index (κ2) is 9.85. The van der Waals surface area contributed by atoms with Crippen LogP contribution in [0.25, 0.3) is 22.4 Å². The second-order valence-corrected chi connectivity index (χ2v) is 11.5. The predicted octanol–water partition coefficient (Wildman–Crippen LogP) is 4.45. The summed E-state index contributed by atoms with van der Waals surface area (Å²) in [6.45, 7) is 5.40. The van der Waals surface area contributed by atoms with E-state index < -0.39 is 39.1 Å². The van der Waals surface area contributed by atoms with Crippen LogP contribution >= 0.6 is 0 Å². The molecule has 0 aliphatic heterocycles. The Hall–Kier alpha value is -3.93. The lowest BCUT2D eigenvalue weighted by Crippen LogP contribution is -2.36. The Morgan fingerprint density at radius 2 is 1.84 bits per heavy atom. The zero-order valence-electron chi connectivity index (χ0n) is 20.3. The van der Waals surface area contributed by atoms with E-state index in [2.05, 4.69) is 20.3 Å². The lowest BCUT2D eigenvalue weighted by Gasteiger charge is -2.30. The maximum Gasteiger partial charge on any atom is 0.305 e. The molecule has 0 aliphatic rings. The molecule has 4 rings (SSSR count). The molecular formula is C25H25F2N5O4S. The Labute approximate surface area is 212 Å². The van der Waals surface area contributed by atoms with Gasteiger partial charge in [-0.15, -0.1) is 0 Å². The van der Waals surface area contributed by atoms with Crippen LogP contribution in [0.3, 0.4) is 0 Å². The third-order valence-corrected chi connectivity index (χ3v) is 7.37. The number of nitrogens with one attached hydrogen (secondary N) is 1. The van der Waals surface area contributed by atoms with Crippen molar-refractivity contribution in [2.24, 2.45) is 5.41 Å². The van der Waals surface area contributed by atoms with Crippen molar-refractivity contribution >= 4 is 32.8 Å². The first kappa shape index (κ1) is 26.1. The van der Waals surface area contributed by atoms with E-state index >= 15 is 0 Å². The van der Waals surface area contributed by atoms with Gasteiger partial charge in [0.05, 0.1) is 24.6 Å². The molecule has 37 heavy (non-hydrogen) atoms. The summed E-state index contributed by atoms with van der Waals surface area (Å²) in [6, 6.07) is 8.95. The van der Waals surface area contributed by atoms with E-state index in [-0.39, 0.29) is 40.4 Å². The molecule has 1 unspecified atom stereocenters. The van der Waals surface area contributed by atoms with Crippen LogP contribution in [0, 0.1) is 17.0 Å². The number of aliphatic carboxylic acids is 1. The molecule has 0 saturated carbocycles. The minimum absolute atomic E-state index is 0.0341. The van der Waals surface area contributed by atoms with Crippen LogP contribution in [-0.4, -0.2) is 44.5 Å². The minimum Gasteiger partial charge on any atom is -0.481 e. The van der Waals surface area contributed by atoms with E-state index in [9.17, 15) is 27.1 Å². The number of carboxylic acid groups (broad SMARTS) is 1. The van der Waals surface area contributed by atoms with Crippen molar-refractivity contribution in [3.8, 4) is 11.4 Å². The Morgan fingerprint density at radius 1 is 1.14 bits per heavy atom.